The molecule has 100 valence electrons. The third-order valence-electron chi connectivity index (χ3n) is 2.85. The van der Waals surface area contributed by atoms with E-state index in [1.54, 1.807) is 18.2 Å². The van der Waals surface area contributed by atoms with Crippen molar-refractivity contribution >= 4 is 17.9 Å². The second-order valence-electron chi connectivity index (χ2n) is 4.38. The Morgan fingerprint density at radius 3 is 2.30 bits per heavy atom. The highest BCUT2D eigenvalue weighted by Crippen LogP contribution is 2.06. The lowest BCUT2D eigenvalue weighted by atomic mass is 10.1. The first-order chi connectivity index (χ1) is 9.66. The highest BCUT2D eigenvalue weighted by atomic mass is 16.2. The van der Waals surface area contributed by atoms with Crippen LogP contribution in [-0.4, -0.2) is 11.8 Å². The highest BCUT2D eigenvalue weighted by molar-refractivity contribution is 6.09. The fourth-order valence-corrected chi connectivity index (χ4v) is 1.78. The zero-order chi connectivity index (χ0) is 14.4. The van der Waals surface area contributed by atoms with Crippen molar-refractivity contribution in [3.8, 4) is 0 Å². The maximum Gasteiger partial charge on any atom is 0.258 e. The molecule has 0 atom stereocenters. The molecule has 2 aromatic carbocycles. The number of carbonyl (C=O) groups excluding carboxylic acids is 2. The first-order valence-corrected chi connectivity index (χ1v) is 6.31. The van der Waals surface area contributed by atoms with Crippen LogP contribution in [0, 0.1) is 6.92 Å². The van der Waals surface area contributed by atoms with Crippen molar-refractivity contribution in [3.63, 3.8) is 0 Å². The molecule has 0 aromatic heterocycles. The number of rotatable bonds is 3. The van der Waals surface area contributed by atoms with Crippen molar-refractivity contribution in [1.82, 2.24) is 5.32 Å². The van der Waals surface area contributed by atoms with Gasteiger partial charge in [-0.25, -0.2) is 0 Å². The Bertz CT molecular complexity index is 645. The summed E-state index contributed by atoms with van der Waals surface area (Å²) in [5, 5.41) is 2.34. The third kappa shape index (κ3) is 3.65. The molecule has 0 unspecified atom stereocenters. The molecule has 0 aliphatic carbocycles. The van der Waals surface area contributed by atoms with Crippen LogP contribution in [0.25, 0.3) is 6.08 Å². The van der Waals surface area contributed by atoms with Crippen LogP contribution in [0.4, 0.5) is 0 Å². The van der Waals surface area contributed by atoms with Gasteiger partial charge in [0.15, 0.2) is 0 Å². The quantitative estimate of drug-likeness (QED) is 0.867. The number of carbonyl (C=O) groups is 2. The van der Waals surface area contributed by atoms with Gasteiger partial charge in [-0.2, -0.15) is 0 Å². The Morgan fingerprint density at radius 2 is 1.60 bits per heavy atom. The molecule has 0 spiro atoms. The summed E-state index contributed by atoms with van der Waals surface area (Å²) in [5.41, 5.74) is 2.25. The first kappa shape index (κ1) is 13.7. The van der Waals surface area contributed by atoms with Crippen molar-refractivity contribution in [2.45, 2.75) is 6.92 Å². The van der Waals surface area contributed by atoms with Gasteiger partial charge < -0.3 is 0 Å². The van der Waals surface area contributed by atoms with Gasteiger partial charge in [0.25, 0.3) is 11.8 Å². The first-order valence-electron chi connectivity index (χ1n) is 6.31. The van der Waals surface area contributed by atoms with Crippen LogP contribution in [0.15, 0.2) is 60.7 Å². The average Bonchev–Trinajstić information content (AvgIpc) is 2.46. The SMILES string of the molecule is Cc1ccccc1C(=O)NC(=O)/C=C/c1ccccc1. The largest absolute Gasteiger partial charge is 0.289 e. The topological polar surface area (TPSA) is 46.2 Å². The number of hydrogen-bond acceptors (Lipinski definition) is 2. The monoisotopic (exact) mass is 265 g/mol. The van der Waals surface area contributed by atoms with E-state index in [1.807, 2.05) is 49.4 Å². The van der Waals surface area contributed by atoms with E-state index in [4.69, 9.17) is 0 Å². The molecule has 2 aromatic rings. The highest BCUT2D eigenvalue weighted by Gasteiger charge is 2.09. The van der Waals surface area contributed by atoms with Crippen molar-refractivity contribution in [1.29, 1.82) is 0 Å². The number of hydrogen-bond donors (Lipinski definition) is 1. The summed E-state index contributed by atoms with van der Waals surface area (Å²) < 4.78 is 0. The third-order valence-corrected chi connectivity index (χ3v) is 2.85. The van der Waals surface area contributed by atoms with Crippen LogP contribution in [0.2, 0.25) is 0 Å². The molecule has 0 heterocycles. The molecular formula is C17H15NO2. The van der Waals surface area contributed by atoms with Crippen LogP contribution >= 0.6 is 0 Å². The van der Waals surface area contributed by atoms with Crippen molar-refractivity contribution in [2.75, 3.05) is 0 Å². The van der Waals surface area contributed by atoms with E-state index in [0.29, 0.717) is 5.56 Å². The van der Waals surface area contributed by atoms with Crippen LogP contribution in [0.5, 0.6) is 0 Å². The summed E-state index contributed by atoms with van der Waals surface area (Å²) in [5.74, 6) is -0.812. The number of aryl methyl sites for hydroxylation is 1. The molecule has 0 aliphatic rings. The molecular weight excluding hydrogens is 250 g/mol. The van der Waals surface area contributed by atoms with Gasteiger partial charge in [-0.1, -0.05) is 48.5 Å². The molecule has 3 heteroatoms. The average molecular weight is 265 g/mol. The minimum Gasteiger partial charge on any atom is -0.289 e. The summed E-state index contributed by atoms with van der Waals surface area (Å²) in [7, 11) is 0. The predicted molar refractivity (Wildman–Crippen MR) is 79.1 cm³/mol. The van der Waals surface area contributed by atoms with Crippen LogP contribution in [-0.2, 0) is 4.79 Å². The van der Waals surface area contributed by atoms with Crippen molar-refractivity contribution in [2.24, 2.45) is 0 Å². The molecule has 1 N–H and O–H groups in total. The Morgan fingerprint density at radius 1 is 0.950 bits per heavy atom. The molecule has 0 saturated carbocycles. The van der Waals surface area contributed by atoms with Gasteiger partial charge >= 0.3 is 0 Å². The summed E-state index contributed by atoms with van der Waals surface area (Å²) in [4.78, 5) is 23.6. The molecule has 20 heavy (non-hydrogen) atoms. The molecule has 2 rings (SSSR count). The minimum atomic E-state index is -0.429. The van der Waals surface area contributed by atoms with E-state index in [-0.39, 0.29) is 5.91 Å². The molecule has 0 aliphatic heterocycles. The second kappa shape index (κ2) is 6.48. The minimum absolute atomic E-state index is 0.384. The lowest BCUT2D eigenvalue weighted by Gasteiger charge is -2.04. The van der Waals surface area contributed by atoms with E-state index < -0.39 is 5.91 Å². The number of amides is 2. The Kier molecular flexibility index (Phi) is 4.45. The predicted octanol–water partition coefficient (Wildman–Crippen LogP) is 2.96. The van der Waals surface area contributed by atoms with Crippen LogP contribution in [0.1, 0.15) is 21.5 Å². The van der Waals surface area contributed by atoms with E-state index in [0.717, 1.165) is 11.1 Å². The summed E-state index contributed by atoms with van der Waals surface area (Å²) >= 11 is 0. The fourth-order valence-electron chi connectivity index (χ4n) is 1.78. The molecule has 0 bridgehead atoms. The molecule has 0 saturated heterocycles. The second-order valence-corrected chi connectivity index (χ2v) is 4.38. The fraction of sp³-hybridized carbons (Fsp3) is 0.0588. The lowest BCUT2D eigenvalue weighted by Crippen LogP contribution is -2.29. The van der Waals surface area contributed by atoms with E-state index >= 15 is 0 Å². The van der Waals surface area contributed by atoms with Gasteiger partial charge in [-0.3, -0.25) is 14.9 Å². The van der Waals surface area contributed by atoms with E-state index in [9.17, 15) is 9.59 Å². The number of nitrogens with one attached hydrogen (secondary N) is 1. The maximum atomic E-state index is 11.9. The van der Waals surface area contributed by atoms with Gasteiger partial charge in [-0.15, -0.1) is 0 Å². The standard InChI is InChI=1S/C17H15NO2/c1-13-7-5-6-10-15(13)17(20)18-16(19)12-11-14-8-3-2-4-9-14/h2-12H,1H3,(H,18,19,20)/b12-11+. The smallest absolute Gasteiger partial charge is 0.258 e. The molecule has 3 nitrogen and oxygen atoms in total. The van der Waals surface area contributed by atoms with E-state index in [1.165, 1.54) is 6.08 Å². The lowest BCUT2D eigenvalue weighted by molar-refractivity contribution is -0.115. The van der Waals surface area contributed by atoms with Crippen molar-refractivity contribution in [3.05, 3.63) is 77.4 Å². The van der Waals surface area contributed by atoms with Gasteiger partial charge in [-0.05, 0) is 30.2 Å². The molecule has 0 radical (unpaired) electrons. The number of benzene rings is 2. The van der Waals surface area contributed by atoms with E-state index in [2.05, 4.69) is 5.32 Å². The normalized spacial score (nSPS) is 10.4. The summed E-state index contributed by atoms with van der Waals surface area (Å²) in [6.45, 7) is 1.83. The zero-order valence-electron chi connectivity index (χ0n) is 11.2. The number of imide groups is 1. The van der Waals surface area contributed by atoms with Gasteiger partial charge in [0.05, 0.1) is 0 Å². The zero-order valence-corrected chi connectivity index (χ0v) is 11.2. The summed E-state index contributed by atoms with van der Waals surface area (Å²) in [6, 6.07) is 16.6. The Labute approximate surface area is 117 Å². The molecule has 0 fully saturated rings. The van der Waals surface area contributed by atoms with Crippen molar-refractivity contribution < 1.29 is 9.59 Å². The maximum absolute atomic E-state index is 11.9. The van der Waals surface area contributed by atoms with Gasteiger partial charge in [0.1, 0.15) is 0 Å². The van der Waals surface area contributed by atoms with Gasteiger partial charge in [0, 0.05) is 11.6 Å². The Balaban J connectivity index is 2.00. The van der Waals surface area contributed by atoms with Crippen LogP contribution in [0.3, 0.4) is 0 Å². The van der Waals surface area contributed by atoms with Gasteiger partial charge in [0.2, 0.25) is 0 Å². The molecule has 2 amide bonds. The van der Waals surface area contributed by atoms with Crippen LogP contribution < -0.4 is 5.32 Å². The Hall–Kier alpha value is -2.68. The summed E-state index contributed by atoms with van der Waals surface area (Å²) in [6.07, 6.45) is 3.02.